The molecule has 6 heteroatoms. The first-order valence-electron chi connectivity index (χ1n) is 8.09. The molecule has 1 fully saturated rings. The summed E-state index contributed by atoms with van der Waals surface area (Å²) in [5.41, 5.74) is 0.748. The van der Waals surface area contributed by atoms with Gasteiger partial charge in [-0.3, -0.25) is 0 Å². The predicted molar refractivity (Wildman–Crippen MR) is 88.4 cm³/mol. The summed E-state index contributed by atoms with van der Waals surface area (Å²) in [7, 11) is 3.17. The maximum Gasteiger partial charge on any atom is 0.508 e. The minimum absolute atomic E-state index is 0.0977. The average Bonchev–Trinajstić information content (AvgIpc) is 2.51. The third-order valence-corrected chi connectivity index (χ3v) is 3.46. The molecule has 1 saturated carbocycles. The highest BCUT2D eigenvalue weighted by Crippen LogP contribution is 2.32. The second kappa shape index (κ2) is 10.6. The van der Waals surface area contributed by atoms with E-state index >= 15 is 0 Å². The molecule has 0 spiro atoms. The predicted octanol–water partition coefficient (Wildman–Crippen LogP) is 3.69. The molecule has 1 aliphatic rings. The second-order valence-corrected chi connectivity index (χ2v) is 5.44. The molecule has 6 nitrogen and oxygen atoms in total. The van der Waals surface area contributed by atoms with Gasteiger partial charge in [-0.2, -0.15) is 0 Å². The van der Waals surface area contributed by atoms with Gasteiger partial charge in [0.1, 0.15) is 6.10 Å². The van der Waals surface area contributed by atoms with Crippen molar-refractivity contribution in [1.82, 2.24) is 0 Å². The number of carbonyl (C=O) groups excluding carboxylic acids is 1. The highest BCUT2D eigenvalue weighted by molar-refractivity contribution is 5.60. The quantitative estimate of drug-likeness (QED) is 0.420. The number of hydrogen-bond donors (Lipinski definition) is 0. The van der Waals surface area contributed by atoms with Crippen molar-refractivity contribution in [2.75, 3.05) is 20.8 Å². The molecule has 0 N–H and O–H groups in total. The summed E-state index contributed by atoms with van der Waals surface area (Å²) in [5.74, 6) is -0.682. The van der Waals surface area contributed by atoms with E-state index in [-0.39, 0.29) is 18.8 Å². The van der Waals surface area contributed by atoms with Gasteiger partial charge in [0.05, 0.1) is 12.7 Å². The Morgan fingerprint density at radius 2 is 1.91 bits per heavy atom. The van der Waals surface area contributed by atoms with Crippen LogP contribution in [-0.2, 0) is 23.7 Å². The summed E-state index contributed by atoms with van der Waals surface area (Å²) >= 11 is 0. The Labute approximate surface area is 140 Å². The van der Waals surface area contributed by atoms with Crippen molar-refractivity contribution in [2.24, 2.45) is 0 Å². The van der Waals surface area contributed by atoms with Crippen LogP contribution in [0.15, 0.2) is 12.2 Å². The molecule has 0 heterocycles. The Bertz CT molecular complexity index is 366. The van der Waals surface area contributed by atoms with E-state index in [9.17, 15) is 4.79 Å². The second-order valence-electron chi connectivity index (χ2n) is 5.44. The number of rotatable bonds is 6. The minimum Gasteiger partial charge on any atom is -0.435 e. The lowest BCUT2D eigenvalue weighted by molar-refractivity contribution is -0.233. The summed E-state index contributed by atoms with van der Waals surface area (Å²) < 4.78 is 26.7. The molecule has 3 atom stereocenters. The van der Waals surface area contributed by atoms with Crippen molar-refractivity contribution < 1.29 is 28.5 Å². The Hall–Kier alpha value is -1.11. The zero-order valence-corrected chi connectivity index (χ0v) is 15.5. The van der Waals surface area contributed by atoms with Crippen LogP contribution in [0.5, 0.6) is 0 Å². The van der Waals surface area contributed by atoms with E-state index in [0.717, 1.165) is 5.57 Å². The summed E-state index contributed by atoms with van der Waals surface area (Å²) in [5, 5.41) is 0. The molecule has 136 valence electrons. The Kier molecular flexibility index (Phi) is 10.1. The Morgan fingerprint density at radius 1 is 1.30 bits per heavy atom. The summed E-state index contributed by atoms with van der Waals surface area (Å²) in [6.45, 7) is 13.7. The molecule has 3 unspecified atom stereocenters. The lowest BCUT2D eigenvalue weighted by Crippen LogP contribution is -2.45. The molecule has 1 aliphatic carbocycles. The van der Waals surface area contributed by atoms with Crippen molar-refractivity contribution in [3.05, 3.63) is 12.2 Å². The maximum absolute atomic E-state index is 11.5. The fourth-order valence-corrected chi connectivity index (χ4v) is 2.31. The summed E-state index contributed by atoms with van der Waals surface area (Å²) in [6, 6.07) is 0. The van der Waals surface area contributed by atoms with Crippen molar-refractivity contribution in [3.63, 3.8) is 0 Å². The van der Waals surface area contributed by atoms with Gasteiger partial charge in [-0.1, -0.05) is 20.4 Å². The van der Waals surface area contributed by atoms with Gasteiger partial charge in [-0.15, -0.1) is 0 Å². The van der Waals surface area contributed by atoms with Crippen molar-refractivity contribution in [3.8, 4) is 0 Å². The minimum atomic E-state index is -0.706. The fourth-order valence-electron chi connectivity index (χ4n) is 2.31. The van der Waals surface area contributed by atoms with Gasteiger partial charge in [0.2, 0.25) is 0 Å². The van der Waals surface area contributed by atoms with Crippen molar-refractivity contribution in [2.45, 2.75) is 71.6 Å². The van der Waals surface area contributed by atoms with Crippen LogP contribution < -0.4 is 0 Å². The van der Waals surface area contributed by atoms with Crippen LogP contribution in [0, 0.1) is 0 Å². The van der Waals surface area contributed by atoms with Crippen LogP contribution in [0.3, 0.4) is 0 Å². The average molecular weight is 332 g/mol. The summed E-state index contributed by atoms with van der Waals surface area (Å²) in [4.78, 5) is 11.5. The van der Waals surface area contributed by atoms with E-state index < -0.39 is 18.0 Å². The van der Waals surface area contributed by atoms with E-state index in [1.54, 1.807) is 21.1 Å². The fraction of sp³-hybridized carbons (Fsp3) is 0.824. The van der Waals surface area contributed by atoms with E-state index in [1.165, 1.54) is 0 Å². The summed E-state index contributed by atoms with van der Waals surface area (Å²) in [6.07, 6.45) is -0.460. The van der Waals surface area contributed by atoms with Crippen LogP contribution in [0.25, 0.3) is 0 Å². The normalized spacial score (nSPS) is 24.5. The van der Waals surface area contributed by atoms with Gasteiger partial charge < -0.3 is 23.7 Å². The molecule has 0 aliphatic heterocycles. The number of carbonyl (C=O) groups is 1. The first-order chi connectivity index (χ1) is 10.8. The standard InChI is InChI=1S/C15H26O6.C2H6/c1-7-19-14(16)20-13-10(2)8-11(9-12(13)17-5)21-15(3,4)18-6;1-2/h11-13H,2,7-9H2,1,3-6H3;1-2H3. The van der Waals surface area contributed by atoms with Crippen molar-refractivity contribution >= 4 is 6.16 Å². The largest absolute Gasteiger partial charge is 0.508 e. The molecule has 0 radical (unpaired) electrons. The third-order valence-electron chi connectivity index (χ3n) is 3.46. The highest BCUT2D eigenvalue weighted by atomic mass is 16.7. The number of hydrogen-bond acceptors (Lipinski definition) is 6. The molecule has 0 aromatic heterocycles. The van der Waals surface area contributed by atoms with Gasteiger partial charge in [-0.05, 0) is 32.8 Å². The molecule has 0 aromatic rings. The van der Waals surface area contributed by atoms with Crippen LogP contribution in [0.2, 0.25) is 0 Å². The first kappa shape index (κ1) is 21.9. The lowest BCUT2D eigenvalue weighted by atomic mass is 9.88. The zero-order valence-electron chi connectivity index (χ0n) is 15.5. The topological polar surface area (TPSA) is 63.2 Å². The molecule has 0 amide bonds. The Balaban J connectivity index is 0.00000232. The van der Waals surface area contributed by atoms with Gasteiger partial charge in [0.15, 0.2) is 11.9 Å². The van der Waals surface area contributed by atoms with Crippen LogP contribution in [-0.4, -0.2) is 51.1 Å². The van der Waals surface area contributed by atoms with Crippen LogP contribution >= 0.6 is 0 Å². The van der Waals surface area contributed by atoms with Crippen LogP contribution in [0.1, 0.15) is 47.5 Å². The zero-order chi connectivity index (χ0) is 18.0. The van der Waals surface area contributed by atoms with E-state index in [1.807, 2.05) is 27.7 Å². The van der Waals surface area contributed by atoms with Gasteiger partial charge in [0.25, 0.3) is 0 Å². The monoisotopic (exact) mass is 332 g/mol. The first-order valence-corrected chi connectivity index (χ1v) is 8.09. The highest BCUT2D eigenvalue weighted by Gasteiger charge is 2.38. The molecule has 0 saturated heterocycles. The van der Waals surface area contributed by atoms with E-state index in [2.05, 4.69) is 6.58 Å². The molecular weight excluding hydrogens is 300 g/mol. The molecule has 23 heavy (non-hydrogen) atoms. The van der Waals surface area contributed by atoms with Crippen molar-refractivity contribution in [1.29, 1.82) is 0 Å². The number of ether oxygens (including phenoxy) is 5. The third kappa shape index (κ3) is 7.33. The molecule has 1 rings (SSSR count). The van der Waals surface area contributed by atoms with E-state index in [4.69, 9.17) is 23.7 Å². The van der Waals surface area contributed by atoms with Gasteiger partial charge in [-0.25, -0.2) is 4.79 Å². The van der Waals surface area contributed by atoms with E-state index in [0.29, 0.717) is 12.8 Å². The molecule has 0 bridgehead atoms. The van der Waals surface area contributed by atoms with Gasteiger partial charge in [0, 0.05) is 20.6 Å². The van der Waals surface area contributed by atoms with Gasteiger partial charge >= 0.3 is 6.16 Å². The lowest BCUT2D eigenvalue weighted by Gasteiger charge is -2.38. The maximum atomic E-state index is 11.5. The molecular formula is C17H32O6. The Morgan fingerprint density at radius 3 is 2.39 bits per heavy atom. The van der Waals surface area contributed by atoms with Crippen LogP contribution in [0.4, 0.5) is 4.79 Å². The SMILES string of the molecule is C=C1CC(OC(C)(C)OC)CC(OC)C1OC(=O)OCC.CC. The smallest absolute Gasteiger partial charge is 0.435 e. The number of methoxy groups -OCH3 is 2. The molecule has 0 aromatic carbocycles.